The largest absolute Gasteiger partial charge is 0.496 e. The Labute approximate surface area is 136 Å². The summed E-state index contributed by atoms with van der Waals surface area (Å²) in [7, 11) is 1.45. The molecule has 0 spiro atoms. The Morgan fingerprint density at radius 1 is 1.30 bits per heavy atom. The molecule has 0 aliphatic heterocycles. The molecule has 3 rings (SSSR count). The molecule has 2 heterocycles. The van der Waals surface area contributed by atoms with Crippen molar-refractivity contribution in [2.75, 3.05) is 7.11 Å². The van der Waals surface area contributed by atoms with Crippen LogP contribution in [0.2, 0.25) is 5.02 Å². The Hall–Kier alpha value is -2.80. The minimum atomic E-state index is -0.513. The Balaban J connectivity index is 1.82. The summed E-state index contributed by atoms with van der Waals surface area (Å²) < 4.78 is 12.3. The molecule has 118 valence electrons. The van der Waals surface area contributed by atoms with Crippen LogP contribution in [0.15, 0.2) is 42.7 Å². The van der Waals surface area contributed by atoms with Crippen molar-refractivity contribution in [1.82, 2.24) is 9.38 Å². The number of benzene rings is 1. The van der Waals surface area contributed by atoms with Gasteiger partial charge in [0.05, 0.1) is 28.8 Å². The van der Waals surface area contributed by atoms with Gasteiger partial charge in [0.1, 0.15) is 18.0 Å². The van der Waals surface area contributed by atoms with E-state index in [2.05, 4.69) is 4.98 Å². The van der Waals surface area contributed by atoms with E-state index in [0.29, 0.717) is 16.5 Å². The average Bonchev–Trinajstić information content (AvgIpc) is 2.94. The fourth-order valence-corrected chi connectivity index (χ4v) is 2.30. The third kappa shape index (κ3) is 3.19. The fourth-order valence-electron chi connectivity index (χ4n) is 2.13. The van der Waals surface area contributed by atoms with Crippen LogP contribution in [0, 0.1) is 10.1 Å². The first-order chi connectivity index (χ1) is 11.1. The molecule has 3 aromatic rings. The van der Waals surface area contributed by atoms with Crippen LogP contribution in [0.1, 0.15) is 5.69 Å². The maximum Gasteiger partial charge on any atom is 0.314 e. The molecule has 7 nitrogen and oxygen atoms in total. The number of nitro benzene ring substituents is 1. The van der Waals surface area contributed by atoms with E-state index in [9.17, 15) is 10.1 Å². The van der Waals surface area contributed by atoms with Gasteiger partial charge in [-0.1, -0.05) is 11.6 Å². The fraction of sp³-hybridized carbons (Fsp3) is 0.133. The molecule has 2 aromatic heterocycles. The van der Waals surface area contributed by atoms with Gasteiger partial charge in [-0.3, -0.25) is 10.1 Å². The van der Waals surface area contributed by atoms with E-state index in [1.54, 1.807) is 35.0 Å². The molecular weight excluding hydrogens is 322 g/mol. The number of ether oxygens (including phenoxy) is 2. The number of nitrogens with zero attached hydrogens (tertiary/aromatic N) is 3. The van der Waals surface area contributed by atoms with Crippen molar-refractivity contribution in [2.45, 2.75) is 6.61 Å². The van der Waals surface area contributed by atoms with E-state index in [1.807, 2.05) is 0 Å². The highest BCUT2D eigenvalue weighted by Crippen LogP contribution is 2.31. The van der Waals surface area contributed by atoms with Crippen molar-refractivity contribution in [3.63, 3.8) is 0 Å². The van der Waals surface area contributed by atoms with Gasteiger partial charge >= 0.3 is 5.69 Å². The molecule has 0 amide bonds. The van der Waals surface area contributed by atoms with Gasteiger partial charge < -0.3 is 13.9 Å². The molecule has 0 atom stereocenters. The second-order valence-corrected chi connectivity index (χ2v) is 5.16. The maximum absolute atomic E-state index is 11.1. The molecule has 8 heteroatoms. The molecule has 0 unspecified atom stereocenters. The standard InChI is InChI=1S/C15H12ClN3O4/c1-22-12-3-4-14(13(6-12)19(20)21)23-9-11-8-18-7-10(16)2-5-15(18)17-11/h2-8H,9H2,1H3. The summed E-state index contributed by atoms with van der Waals surface area (Å²) in [5, 5.41) is 11.7. The Morgan fingerprint density at radius 3 is 2.87 bits per heavy atom. The number of fused-ring (bicyclic) bond motifs is 1. The number of hydrogen-bond acceptors (Lipinski definition) is 5. The monoisotopic (exact) mass is 333 g/mol. The van der Waals surface area contributed by atoms with E-state index in [0.717, 1.165) is 5.65 Å². The predicted molar refractivity (Wildman–Crippen MR) is 84.2 cm³/mol. The van der Waals surface area contributed by atoms with E-state index < -0.39 is 4.92 Å². The van der Waals surface area contributed by atoms with Crippen LogP contribution in [0.25, 0.3) is 5.65 Å². The Kier molecular flexibility index (Phi) is 4.03. The molecule has 1 aromatic carbocycles. The third-order valence-corrected chi connectivity index (χ3v) is 3.43. The second-order valence-electron chi connectivity index (χ2n) is 4.72. The van der Waals surface area contributed by atoms with Crippen LogP contribution in [0.4, 0.5) is 5.69 Å². The van der Waals surface area contributed by atoms with Gasteiger partial charge in [-0.15, -0.1) is 0 Å². The van der Waals surface area contributed by atoms with Crippen LogP contribution in [0.3, 0.4) is 0 Å². The number of imidazole rings is 1. The van der Waals surface area contributed by atoms with Gasteiger partial charge in [-0.25, -0.2) is 4.98 Å². The molecule has 0 aliphatic rings. The van der Waals surface area contributed by atoms with Crippen LogP contribution >= 0.6 is 11.6 Å². The highest BCUT2D eigenvalue weighted by Gasteiger charge is 2.17. The number of hydrogen-bond donors (Lipinski definition) is 0. The van der Waals surface area contributed by atoms with Crippen molar-refractivity contribution >= 4 is 22.9 Å². The second kappa shape index (κ2) is 6.13. The highest BCUT2D eigenvalue weighted by molar-refractivity contribution is 6.30. The molecule has 0 fully saturated rings. The van der Waals surface area contributed by atoms with E-state index in [-0.39, 0.29) is 18.0 Å². The Morgan fingerprint density at radius 2 is 2.13 bits per heavy atom. The topological polar surface area (TPSA) is 78.9 Å². The smallest absolute Gasteiger partial charge is 0.314 e. The minimum absolute atomic E-state index is 0.104. The molecule has 0 aliphatic carbocycles. The van der Waals surface area contributed by atoms with Gasteiger partial charge in [-0.2, -0.15) is 0 Å². The minimum Gasteiger partial charge on any atom is -0.496 e. The van der Waals surface area contributed by atoms with Crippen molar-refractivity contribution in [1.29, 1.82) is 0 Å². The summed E-state index contributed by atoms with van der Waals surface area (Å²) in [6.45, 7) is 0.104. The van der Waals surface area contributed by atoms with Crippen LogP contribution in [-0.2, 0) is 6.61 Å². The average molecular weight is 334 g/mol. The predicted octanol–water partition coefficient (Wildman–Crippen LogP) is 3.48. The third-order valence-electron chi connectivity index (χ3n) is 3.20. The summed E-state index contributed by atoms with van der Waals surface area (Å²) in [5.74, 6) is 0.553. The zero-order chi connectivity index (χ0) is 16.4. The van der Waals surface area contributed by atoms with Gasteiger partial charge in [0.25, 0.3) is 0 Å². The lowest BCUT2D eigenvalue weighted by Gasteiger charge is -2.06. The lowest BCUT2D eigenvalue weighted by molar-refractivity contribution is -0.386. The molecule has 23 heavy (non-hydrogen) atoms. The lowest BCUT2D eigenvalue weighted by Crippen LogP contribution is -2.00. The van der Waals surface area contributed by atoms with Gasteiger partial charge in [0, 0.05) is 12.4 Å². The first-order valence-corrected chi connectivity index (χ1v) is 7.03. The first-order valence-electron chi connectivity index (χ1n) is 6.65. The van der Waals surface area contributed by atoms with Gasteiger partial charge in [-0.05, 0) is 24.3 Å². The normalized spacial score (nSPS) is 10.7. The number of halogens is 1. The molecule has 0 radical (unpaired) electrons. The molecule has 0 bridgehead atoms. The molecule has 0 N–H and O–H groups in total. The SMILES string of the molecule is COc1ccc(OCc2cn3cc(Cl)ccc3n2)c([N+](=O)[O-])c1. The molecule has 0 saturated carbocycles. The maximum atomic E-state index is 11.1. The highest BCUT2D eigenvalue weighted by atomic mass is 35.5. The summed E-state index contributed by atoms with van der Waals surface area (Å²) in [6.07, 6.45) is 3.49. The number of rotatable bonds is 5. The number of nitro groups is 1. The van der Waals surface area contributed by atoms with Crippen molar-refractivity contribution < 1.29 is 14.4 Å². The Bertz CT molecular complexity index is 878. The zero-order valence-corrected chi connectivity index (χ0v) is 12.9. The first kappa shape index (κ1) is 15.1. The van der Waals surface area contributed by atoms with Crippen LogP contribution in [-0.4, -0.2) is 21.4 Å². The summed E-state index contributed by atoms with van der Waals surface area (Å²) >= 11 is 5.92. The van der Waals surface area contributed by atoms with E-state index in [4.69, 9.17) is 21.1 Å². The summed E-state index contributed by atoms with van der Waals surface area (Å²) in [4.78, 5) is 15.0. The molecular formula is C15H12ClN3O4. The van der Waals surface area contributed by atoms with E-state index >= 15 is 0 Å². The van der Waals surface area contributed by atoms with Crippen molar-refractivity contribution in [3.05, 3.63) is 63.6 Å². The lowest BCUT2D eigenvalue weighted by atomic mass is 10.3. The number of pyridine rings is 1. The van der Waals surface area contributed by atoms with Crippen LogP contribution in [0.5, 0.6) is 11.5 Å². The van der Waals surface area contributed by atoms with Crippen molar-refractivity contribution in [2.24, 2.45) is 0 Å². The van der Waals surface area contributed by atoms with Gasteiger partial charge in [0.2, 0.25) is 0 Å². The van der Waals surface area contributed by atoms with Gasteiger partial charge in [0.15, 0.2) is 5.75 Å². The zero-order valence-electron chi connectivity index (χ0n) is 12.1. The number of methoxy groups -OCH3 is 1. The number of aromatic nitrogens is 2. The van der Waals surface area contributed by atoms with Crippen molar-refractivity contribution in [3.8, 4) is 11.5 Å². The van der Waals surface area contributed by atoms with Crippen LogP contribution < -0.4 is 9.47 Å². The quantitative estimate of drug-likeness (QED) is 0.527. The molecule has 0 saturated heterocycles. The van der Waals surface area contributed by atoms with E-state index in [1.165, 1.54) is 19.2 Å². The summed E-state index contributed by atoms with van der Waals surface area (Å²) in [5.41, 5.74) is 1.20. The summed E-state index contributed by atoms with van der Waals surface area (Å²) in [6, 6.07) is 7.94.